The summed E-state index contributed by atoms with van der Waals surface area (Å²) in [4.78, 5) is 0.971. The minimum absolute atomic E-state index is 0.115. The molecule has 1 unspecified atom stereocenters. The lowest BCUT2D eigenvalue weighted by Gasteiger charge is -2.27. The Morgan fingerprint density at radius 3 is 2.13 bits per heavy atom. The van der Waals surface area contributed by atoms with E-state index in [1.807, 2.05) is 18.2 Å². The number of hydrogen-bond donors (Lipinski definition) is 2. The van der Waals surface area contributed by atoms with Crippen LogP contribution < -0.4 is 10.4 Å². The molecule has 152 valence electrons. The molecule has 0 bridgehead atoms. The van der Waals surface area contributed by atoms with Gasteiger partial charge in [-0.15, -0.1) is 12.6 Å². The van der Waals surface area contributed by atoms with Crippen molar-refractivity contribution in [1.29, 1.82) is 0 Å². The van der Waals surface area contributed by atoms with Crippen LogP contribution in [-0.2, 0) is 5.41 Å². The molecular formula is C27H28N2S. The Kier molecular flexibility index (Phi) is 5.74. The molecule has 0 aliphatic carbocycles. The summed E-state index contributed by atoms with van der Waals surface area (Å²) in [6, 6.07) is 27.7. The smallest absolute Gasteiger partial charge is 0.0958 e. The molecule has 30 heavy (non-hydrogen) atoms. The molecule has 1 N–H and O–H groups in total. The molecule has 0 spiro atoms. The van der Waals surface area contributed by atoms with Crippen LogP contribution in [0.25, 0.3) is 6.08 Å². The van der Waals surface area contributed by atoms with Crippen LogP contribution in [0, 0.1) is 0 Å². The third kappa shape index (κ3) is 4.63. The molecule has 0 amide bonds. The molecule has 0 fully saturated rings. The van der Waals surface area contributed by atoms with Gasteiger partial charge in [0.2, 0.25) is 0 Å². The van der Waals surface area contributed by atoms with E-state index in [2.05, 4.69) is 123 Å². The highest BCUT2D eigenvalue weighted by Crippen LogP contribution is 2.33. The summed E-state index contributed by atoms with van der Waals surface area (Å²) < 4.78 is 0. The van der Waals surface area contributed by atoms with Crippen LogP contribution in [0.3, 0.4) is 0 Å². The van der Waals surface area contributed by atoms with E-state index in [-0.39, 0.29) is 11.5 Å². The van der Waals surface area contributed by atoms with Crippen molar-refractivity contribution in [1.82, 2.24) is 5.43 Å². The van der Waals surface area contributed by atoms with Crippen molar-refractivity contribution in [2.24, 2.45) is 0 Å². The molecule has 2 nitrogen and oxygen atoms in total. The zero-order valence-electron chi connectivity index (χ0n) is 17.7. The molecule has 0 aromatic heterocycles. The molecule has 1 heterocycles. The van der Waals surface area contributed by atoms with Gasteiger partial charge >= 0.3 is 0 Å². The first kappa shape index (κ1) is 20.4. The average molecular weight is 413 g/mol. The van der Waals surface area contributed by atoms with Crippen molar-refractivity contribution in [3.05, 3.63) is 113 Å². The third-order valence-corrected chi connectivity index (χ3v) is 5.66. The normalized spacial score (nSPS) is 16.6. The SMILES string of the molecule is CC(C)(C)c1ccc(C=CC2=CC(c3ccc(S)cc3)N(c3ccccc3)N2)cc1. The number of anilines is 1. The van der Waals surface area contributed by atoms with E-state index in [9.17, 15) is 0 Å². The van der Waals surface area contributed by atoms with Gasteiger partial charge in [-0.25, -0.2) is 0 Å². The summed E-state index contributed by atoms with van der Waals surface area (Å²) in [6.45, 7) is 6.72. The summed E-state index contributed by atoms with van der Waals surface area (Å²) in [5.74, 6) is 0. The Morgan fingerprint density at radius 1 is 0.833 bits per heavy atom. The van der Waals surface area contributed by atoms with E-state index in [1.165, 1.54) is 16.7 Å². The fraction of sp³-hybridized carbons (Fsp3) is 0.185. The largest absolute Gasteiger partial charge is 0.298 e. The van der Waals surface area contributed by atoms with Crippen LogP contribution in [0.2, 0.25) is 0 Å². The molecule has 4 rings (SSSR count). The standard InChI is InChI=1S/C27H28N2S/c1-27(2,3)22-14-9-20(10-15-22)11-16-23-19-26(21-12-17-25(30)18-13-21)29(28-23)24-7-5-4-6-8-24/h4-19,26,28,30H,1-3H3. The number of nitrogens with zero attached hydrogens (tertiary/aromatic N) is 1. The molecular weight excluding hydrogens is 384 g/mol. The molecule has 1 aliphatic rings. The predicted octanol–water partition coefficient (Wildman–Crippen LogP) is 6.94. The van der Waals surface area contributed by atoms with Crippen LogP contribution >= 0.6 is 12.6 Å². The van der Waals surface area contributed by atoms with Gasteiger partial charge in [-0.1, -0.05) is 81.4 Å². The second kappa shape index (κ2) is 8.45. The van der Waals surface area contributed by atoms with Gasteiger partial charge in [0, 0.05) is 4.90 Å². The lowest BCUT2D eigenvalue weighted by atomic mass is 9.87. The highest BCUT2D eigenvalue weighted by molar-refractivity contribution is 7.80. The Labute approximate surface area is 185 Å². The Balaban J connectivity index is 1.59. The number of hydrazine groups is 1. The number of allylic oxidation sites excluding steroid dienone is 1. The van der Waals surface area contributed by atoms with Gasteiger partial charge < -0.3 is 0 Å². The van der Waals surface area contributed by atoms with Crippen molar-refractivity contribution < 1.29 is 0 Å². The van der Waals surface area contributed by atoms with Gasteiger partial charge in [-0.3, -0.25) is 10.4 Å². The molecule has 3 heteroatoms. The minimum Gasteiger partial charge on any atom is -0.298 e. The molecule has 3 aromatic carbocycles. The first-order valence-corrected chi connectivity index (χ1v) is 10.8. The van der Waals surface area contributed by atoms with Crippen LogP contribution in [0.4, 0.5) is 5.69 Å². The zero-order chi connectivity index (χ0) is 21.1. The Bertz CT molecular complexity index is 1040. The van der Waals surface area contributed by atoms with E-state index in [1.54, 1.807) is 0 Å². The average Bonchev–Trinajstić information content (AvgIpc) is 3.17. The summed E-state index contributed by atoms with van der Waals surface area (Å²) in [7, 11) is 0. The number of benzene rings is 3. The van der Waals surface area contributed by atoms with Gasteiger partial charge in [0.05, 0.1) is 17.4 Å². The number of hydrogen-bond acceptors (Lipinski definition) is 3. The molecule has 1 atom stereocenters. The third-order valence-electron chi connectivity index (χ3n) is 5.37. The summed E-state index contributed by atoms with van der Waals surface area (Å²) in [5, 5.41) is 2.20. The number of nitrogens with one attached hydrogen (secondary N) is 1. The van der Waals surface area contributed by atoms with Crippen molar-refractivity contribution in [2.45, 2.75) is 37.1 Å². The quantitative estimate of drug-likeness (QED) is 0.451. The summed E-state index contributed by atoms with van der Waals surface area (Å²) in [5.41, 5.74) is 9.71. The first-order chi connectivity index (χ1) is 14.4. The van der Waals surface area contributed by atoms with Crippen LogP contribution in [0.5, 0.6) is 0 Å². The van der Waals surface area contributed by atoms with Crippen LogP contribution in [-0.4, -0.2) is 0 Å². The maximum atomic E-state index is 4.43. The number of thiol groups is 1. The van der Waals surface area contributed by atoms with E-state index >= 15 is 0 Å². The predicted molar refractivity (Wildman–Crippen MR) is 131 cm³/mol. The topological polar surface area (TPSA) is 15.3 Å². The minimum atomic E-state index is 0.115. The van der Waals surface area contributed by atoms with Gasteiger partial charge in [0.15, 0.2) is 0 Å². The first-order valence-electron chi connectivity index (χ1n) is 10.3. The molecule has 1 aliphatic heterocycles. The fourth-order valence-corrected chi connectivity index (χ4v) is 3.74. The van der Waals surface area contributed by atoms with Crippen LogP contribution in [0.1, 0.15) is 43.5 Å². The van der Waals surface area contributed by atoms with Crippen LogP contribution in [0.15, 0.2) is 102 Å². The summed E-state index contributed by atoms with van der Waals surface area (Å²) >= 11 is 4.43. The van der Waals surface area contributed by atoms with Gasteiger partial charge in [-0.2, -0.15) is 0 Å². The molecule has 3 aromatic rings. The lowest BCUT2D eigenvalue weighted by Crippen LogP contribution is -2.33. The molecule has 0 radical (unpaired) electrons. The number of para-hydroxylation sites is 1. The van der Waals surface area contributed by atoms with E-state index < -0.39 is 0 Å². The Hall–Kier alpha value is -2.91. The second-order valence-corrected chi connectivity index (χ2v) is 9.20. The summed E-state index contributed by atoms with van der Waals surface area (Å²) in [6.07, 6.45) is 6.57. The lowest BCUT2D eigenvalue weighted by molar-refractivity contribution is 0.590. The van der Waals surface area contributed by atoms with Gasteiger partial charge in [0.1, 0.15) is 0 Å². The van der Waals surface area contributed by atoms with Gasteiger partial charge in [0.25, 0.3) is 0 Å². The highest BCUT2D eigenvalue weighted by Gasteiger charge is 2.25. The highest BCUT2D eigenvalue weighted by atomic mass is 32.1. The van der Waals surface area contributed by atoms with Crippen molar-refractivity contribution >= 4 is 24.4 Å². The van der Waals surface area contributed by atoms with E-state index in [0.29, 0.717) is 0 Å². The maximum Gasteiger partial charge on any atom is 0.0958 e. The molecule has 0 saturated carbocycles. The number of rotatable bonds is 4. The monoisotopic (exact) mass is 412 g/mol. The Morgan fingerprint density at radius 2 is 1.50 bits per heavy atom. The molecule has 0 saturated heterocycles. The van der Waals surface area contributed by atoms with E-state index in [0.717, 1.165) is 16.3 Å². The maximum absolute atomic E-state index is 4.43. The fourth-order valence-electron chi connectivity index (χ4n) is 3.59. The van der Waals surface area contributed by atoms with Crippen molar-refractivity contribution in [3.63, 3.8) is 0 Å². The van der Waals surface area contributed by atoms with E-state index in [4.69, 9.17) is 0 Å². The van der Waals surface area contributed by atoms with Crippen molar-refractivity contribution in [2.75, 3.05) is 5.01 Å². The zero-order valence-corrected chi connectivity index (χ0v) is 18.6. The second-order valence-electron chi connectivity index (χ2n) is 8.68. The van der Waals surface area contributed by atoms with Gasteiger partial charge in [-0.05, 0) is 58.5 Å². The van der Waals surface area contributed by atoms with Crippen molar-refractivity contribution in [3.8, 4) is 0 Å².